The smallest absolute Gasteiger partial charge is 0.247 e. The highest BCUT2D eigenvalue weighted by Crippen LogP contribution is 2.28. The summed E-state index contributed by atoms with van der Waals surface area (Å²) < 4.78 is 0. The fourth-order valence-electron chi connectivity index (χ4n) is 1.88. The van der Waals surface area contributed by atoms with Crippen molar-refractivity contribution in [1.82, 2.24) is 4.90 Å². The lowest BCUT2D eigenvalue weighted by atomic mass is 10.1. The summed E-state index contributed by atoms with van der Waals surface area (Å²) in [6, 6.07) is 0.465. The summed E-state index contributed by atoms with van der Waals surface area (Å²) in [7, 11) is 0. The van der Waals surface area contributed by atoms with Gasteiger partial charge < -0.3 is 4.90 Å². The molecule has 0 aliphatic carbocycles. The molecule has 2 aliphatic heterocycles. The van der Waals surface area contributed by atoms with Crippen LogP contribution in [-0.4, -0.2) is 23.4 Å². The van der Waals surface area contributed by atoms with E-state index in [9.17, 15) is 4.79 Å². The standard InChI is InChI=1S/C8H11NO/c1-6-5-8(10)9-4-2-3-7(6)9/h5,7H,2-4H2,1H3. The topological polar surface area (TPSA) is 20.3 Å². The monoisotopic (exact) mass is 137 g/mol. The lowest BCUT2D eigenvalue weighted by Crippen LogP contribution is -2.28. The molecule has 2 heterocycles. The second kappa shape index (κ2) is 1.84. The summed E-state index contributed by atoms with van der Waals surface area (Å²) in [5, 5.41) is 0. The van der Waals surface area contributed by atoms with Gasteiger partial charge in [0.05, 0.1) is 6.04 Å². The van der Waals surface area contributed by atoms with Crippen LogP contribution in [0.5, 0.6) is 0 Å². The van der Waals surface area contributed by atoms with Crippen LogP contribution in [-0.2, 0) is 4.79 Å². The average molecular weight is 137 g/mol. The molecule has 1 atom stereocenters. The van der Waals surface area contributed by atoms with E-state index >= 15 is 0 Å². The molecule has 54 valence electrons. The first-order valence-corrected chi connectivity index (χ1v) is 3.78. The van der Waals surface area contributed by atoms with Gasteiger partial charge in [-0.25, -0.2) is 0 Å². The van der Waals surface area contributed by atoms with Crippen molar-refractivity contribution in [2.45, 2.75) is 25.8 Å². The Morgan fingerprint density at radius 1 is 1.70 bits per heavy atom. The number of carbonyl (C=O) groups is 1. The largest absolute Gasteiger partial charge is 0.332 e. The summed E-state index contributed by atoms with van der Waals surface area (Å²) in [5.41, 5.74) is 1.25. The summed E-state index contributed by atoms with van der Waals surface area (Å²) in [6.07, 6.45) is 4.12. The van der Waals surface area contributed by atoms with Crippen LogP contribution in [0.2, 0.25) is 0 Å². The Balaban J connectivity index is 2.29. The van der Waals surface area contributed by atoms with Crippen molar-refractivity contribution in [3.05, 3.63) is 11.6 Å². The second-order valence-corrected chi connectivity index (χ2v) is 3.08. The van der Waals surface area contributed by atoms with Crippen LogP contribution in [0.25, 0.3) is 0 Å². The lowest BCUT2D eigenvalue weighted by Gasteiger charge is -2.15. The van der Waals surface area contributed by atoms with Crippen LogP contribution in [0.3, 0.4) is 0 Å². The lowest BCUT2D eigenvalue weighted by molar-refractivity contribution is -0.124. The second-order valence-electron chi connectivity index (χ2n) is 3.08. The average Bonchev–Trinajstić information content (AvgIpc) is 2.39. The first kappa shape index (κ1) is 5.96. The molecule has 0 saturated carbocycles. The normalized spacial score (nSPS) is 30.9. The molecule has 0 aromatic heterocycles. The molecule has 2 aliphatic rings. The van der Waals surface area contributed by atoms with E-state index in [0.717, 1.165) is 6.54 Å². The minimum atomic E-state index is 0.222. The van der Waals surface area contributed by atoms with Gasteiger partial charge >= 0.3 is 0 Å². The Kier molecular flexibility index (Phi) is 1.10. The third kappa shape index (κ3) is 0.618. The SMILES string of the molecule is CC1=CC(=O)N2CCCC12. The van der Waals surface area contributed by atoms with E-state index in [1.165, 1.54) is 18.4 Å². The van der Waals surface area contributed by atoms with Gasteiger partial charge in [0.25, 0.3) is 0 Å². The zero-order valence-corrected chi connectivity index (χ0v) is 6.13. The molecule has 2 heteroatoms. The fraction of sp³-hybridized carbons (Fsp3) is 0.625. The zero-order valence-electron chi connectivity index (χ0n) is 6.13. The van der Waals surface area contributed by atoms with Gasteiger partial charge in [-0.2, -0.15) is 0 Å². The molecule has 1 unspecified atom stereocenters. The van der Waals surface area contributed by atoms with Crippen molar-refractivity contribution in [2.24, 2.45) is 0 Å². The predicted molar refractivity (Wildman–Crippen MR) is 38.5 cm³/mol. The van der Waals surface area contributed by atoms with Crippen LogP contribution in [0.1, 0.15) is 19.8 Å². The highest BCUT2D eigenvalue weighted by atomic mass is 16.2. The molecule has 10 heavy (non-hydrogen) atoms. The van der Waals surface area contributed by atoms with E-state index in [0.29, 0.717) is 6.04 Å². The van der Waals surface area contributed by atoms with Crippen molar-refractivity contribution in [2.75, 3.05) is 6.54 Å². The number of carbonyl (C=O) groups excluding carboxylic acids is 1. The predicted octanol–water partition coefficient (Wildman–Crippen LogP) is 0.937. The molecule has 0 spiro atoms. The summed E-state index contributed by atoms with van der Waals surface area (Å²) >= 11 is 0. The molecule has 0 N–H and O–H groups in total. The van der Waals surface area contributed by atoms with E-state index in [2.05, 4.69) is 0 Å². The number of hydrogen-bond acceptors (Lipinski definition) is 1. The minimum absolute atomic E-state index is 0.222. The summed E-state index contributed by atoms with van der Waals surface area (Å²) in [5.74, 6) is 0.222. The van der Waals surface area contributed by atoms with Crippen molar-refractivity contribution in [3.8, 4) is 0 Å². The number of rotatable bonds is 0. The van der Waals surface area contributed by atoms with E-state index < -0.39 is 0 Å². The fourth-order valence-corrected chi connectivity index (χ4v) is 1.88. The number of hydrogen-bond donors (Lipinski definition) is 0. The highest BCUT2D eigenvalue weighted by Gasteiger charge is 2.33. The molecule has 2 rings (SSSR count). The maximum absolute atomic E-state index is 11.1. The molecule has 1 saturated heterocycles. The van der Waals surface area contributed by atoms with Gasteiger partial charge in [-0.05, 0) is 25.3 Å². The van der Waals surface area contributed by atoms with Gasteiger partial charge in [-0.1, -0.05) is 0 Å². The number of amides is 1. The number of fused-ring (bicyclic) bond motifs is 1. The van der Waals surface area contributed by atoms with Crippen molar-refractivity contribution in [3.63, 3.8) is 0 Å². The summed E-state index contributed by atoms with van der Waals surface area (Å²) in [4.78, 5) is 13.1. The van der Waals surface area contributed by atoms with E-state index in [1.54, 1.807) is 6.08 Å². The van der Waals surface area contributed by atoms with E-state index in [1.807, 2.05) is 11.8 Å². The van der Waals surface area contributed by atoms with Gasteiger partial charge in [0.15, 0.2) is 0 Å². The van der Waals surface area contributed by atoms with Gasteiger partial charge in [0, 0.05) is 12.6 Å². The summed E-state index contributed by atoms with van der Waals surface area (Å²) in [6.45, 7) is 3.02. The molecule has 1 amide bonds. The quantitative estimate of drug-likeness (QED) is 0.486. The first-order chi connectivity index (χ1) is 4.79. The minimum Gasteiger partial charge on any atom is -0.332 e. The molecular formula is C8H11NO. The Hall–Kier alpha value is -0.790. The van der Waals surface area contributed by atoms with Crippen LogP contribution < -0.4 is 0 Å². The highest BCUT2D eigenvalue weighted by molar-refractivity contribution is 5.92. The van der Waals surface area contributed by atoms with Crippen LogP contribution in [0.15, 0.2) is 11.6 Å². The van der Waals surface area contributed by atoms with Gasteiger partial charge in [0.1, 0.15) is 0 Å². The van der Waals surface area contributed by atoms with Crippen LogP contribution in [0.4, 0.5) is 0 Å². The zero-order chi connectivity index (χ0) is 7.14. The van der Waals surface area contributed by atoms with Crippen molar-refractivity contribution >= 4 is 5.91 Å². The molecule has 0 aromatic carbocycles. The third-order valence-corrected chi connectivity index (χ3v) is 2.41. The first-order valence-electron chi connectivity index (χ1n) is 3.78. The van der Waals surface area contributed by atoms with Crippen LogP contribution >= 0.6 is 0 Å². The van der Waals surface area contributed by atoms with Crippen molar-refractivity contribution < 1.29 is 4.79 Å². The van der Waals surface area contributed by atoms with Gasteiger partial charge in [0.2, 0.25) is 5.91 Å². The Labute approximate surface area is 60.5 Å². The maximum Gasteiger partial charge on any atom is 0.247 e. The molecule has 1 fully saturated rings. The molecule has 2 nitrogen and oxygen atoms in total. The van der Waals surface area contributed by atoms with Gasteiger partial charge in [-0.15, -0.1) is 0 Å². The Morgan fingerprint density at radius 2 is 2.50 bits per heavy atom. The Morgan fingerprint density at radius 3 is 3.20 bits per heavy atom. The van der Waals surface area contributed by atoms with Crippen molar-refractivity contribution in [1.29, 1.82) is 0 Å². The third-order valence-electron chi connectivity index (χ3n) is 2.41. The van der Waals surface area contributed by atoms with Crippen LogP contribution in [0, 0.1) is 0 Å². The van der Waals surface area contributed by atoms with E-state index in [4.69, 9.17) is 0 Å². The number of nitrogens with zero attached hydrogens (tertiary/aromatic N) is 1. The Bertz CT molecular complexity index is 207. The molecular weight excluding hydrogens is 126 g/mol. The molecule has 0 aromatic rings. The maximum atomic E-state index is 11.1. The van der Waals surface area contributed by atoms with Gasteiger partial charge in [-0.3, -0.25) is 4.79 Å². The van der Waals surface area contributed by atoms with E-state index in [-0.39, 0.29) is 5.91 Å². The molecule has 0 radical (unpaired) electrons. The molecule has 0 bridgehead atoms.